The molecule has 0 bridgehead atoms. The van der Waals surface area contributed by atoms with Crippen molar-refractivity contribution >= 4 is 22.9 Å². The Kier molecular flexibility index (Phi) is 11.4. The van der Waals surface area contributed by atoms with E-state index in [0.29, 0.717) is 12.5 Å². The van der Waals surface area contributed by atoms with Crippen molar-refractivity contribution in [3.05, 3.63) is 64.5 Å². The van der Waals surface area contributed by atoms with E-state index in [1.807, 2.05) is 12.4 Å². The average Bonchev–Trinajstić information content (AvgIpc) is 2.91. The maximum absolute atomic E-state index is 5.68. The van der Waals surface area contributed by atoms with Crippen LogP contribution < -0.4 is 20.3 Å². The third-order valence-corrected chi connectivity index (χ3v) is 6.81. The van der Waals surface area contributed by atoms with Crippen LogP contribution in [0.4, 0.5) is 22.9 Å². The highest BCUT2D eigenvalue weighted by Gasteiger charge is 2.23. The first-order chi connectivity index (χ1) is 18.8. The van der Waals surface area contributed by atoms with Crippen LogP contribution in [0.25, 0.3) is 0 Å². The zero-order valence-corrected chi connectivity index (χ0v) is 25.3. The highest BCUT2D eigenvalue weighted by Crippen LogP contribution is 2.36. The van der Waals surface area contributed by atoms with E-state index >= 15 is 0 Å². The van der Waals surface area contributed by atoms with Crippen molar-refractivity contribution in [1.29, 1.82) is 0 Å². The first-order valence-electron chi connectivity index (χ1n) is 14.3. The van der Waals surface area contributed by atoms with Gasteiger partial charge in [0, 0.05) is 37.1 Å². The SMILES string of the molecule is CCC.CCCN(C)C.Cc1ccc(Nc2cc3c(cn2)CCN(c2cnc4c(c2C)NCCO4)C3)cc1C. The Hall–Kier alpha value is -3.32. The number of nitrogens with zero attached hydrogens (tertiary/aromatic N) is 4. The molecule has 212 valence electrons. The molecule has 7 nitrogen and oxygen atoms in total. The highest BCUT2D eigenvalue weighted by atomic mass is 16.5. The molecule has 0 unspecified atom stereocenters. The minimum atomic E-state index is 0.666. The van der Waals surface area contributed by atoms with Gasteiger partial charge in [-0.15, -0.1) is 0 Å². The number of aromatic nitrogens is 2. The molecule has 7 heteroatoms. The zero-order chi connectivity index (χ0) is 28.4. The molecule has 2 N–H and O–H groups in total. The number of hydrogen-bond acceptors (Lipinski definition) is 7. The minimum absolute atomic E-state index is 0.666. The number of aryl methyl sites for hydroxylation is 2. The Balaban J connectivity index is 0.000000408. The fourth-order valence-electron chi connectivity index (χ4n) is 4.66. The van der Waals surface area contributed by atoms with E-state index in [4.69, 9.17) is 4.74 Å². The quantitative estimate of drug-likeness (QED) is 0.371. The normalized spacial score (nSPS) is 13.5. The Morgan fingerprint density at radius 2 is 1.77 bits per heavy atom. The number of benzene rings is 1. The van der Waals surface area contributed by atoms with Crippen molar-refractivity contribution in [2.45, 2.75) is 67.3 Å². The molecule has 1 aromatic carbocycles. The summed E-state index contributed by atoms with van der Waals surface area (Å²) in [5.74, 6) is 1.60. The lowest BCUT2D eigenvalue weighted by molar-refractivity contribution is 0.310. The molecule has 0 spiro atoms. The summed E-state index contributed by atoms with van der Waals surface area (Å²) >= 11 is 0. The van der Waals surface area contributed by atoms with Crippen LogP contribution in [0.1, 0.15) is 61.4 Å². The van der Waals surface area contributed by atoms with Gasteiger partial charge in [-0.3, -0.25) is 0 Å². The molecule has 0 radical (unpaired) electrons. The van der Waals surface area contributed by atoms with Crippen molar-refractivity contribution in [2.24, 2.45) is 0 Å². The van der Waals surface area contributed by atoms with Crippen LogP contribution in [0.3, 0.4) is 0 Å². The summed E-state index contributed by atoms with van der Waals surface area (Å²) < 4.78 is 5.68. The topological polar surface area (TPSA) is 65.5 Å². The van der Waals surface area contributed by atoms with E-state index in [-0.39, 0.29) is 0 Å². The third-order valence-electron chi connectivity index (χ3n) is 6.81. The Morgan fingerprint density at radius 3 is 2.44 bits per heavy atom. The number of ether oxygens (including phenoxy) is 1. The summed E-state index contributed by atoms with van der Waals surface area (Å²) in [6.45, 7) is 17.3. The van der Waals surface area contributed by atoms with Gasteiger partial charge in [0.2, 0.25) is 5.88 Å². The molecule has 5 rings (SSSR count). The summed E-state index contributed by atoms with van der Waals surface area (Å²) in [6.07, 6.45) is 7.45. The number of pyridine rings is 2. The second kappa shape index (κ2) is 14.7. The second-order valence-electron chi connectivity index (χ2n) is 10.7. The van der Waals surface area contributed by atoms with Crippen LogP contribution in [0.5, 0.6) is 5.88 Å². The predicted molar refractivity (Wildman–Crippen MR) is 166 cm³/mol. The average molecular weight is 533 g/mol. The van der Waals surface area contributed by atoms with Crippen molar-refractivity contribution < 1.29 is 4.74 Å². The van der Waals surface area contributed by atoms with Gasteiger partial charge in [-0.25, -0.2) is 9.97 Å². The summed E-state index contributed by atoms with van der Waals surface area (Å²) in [5.41, 5.74) is 9.66. The van der Waals surface area contributed by atoms with Crippen LogP contribution in [0.15, 0.2) is 36.7 Å². The third kappa shape index (κ3) is 8.33. The van der Waals surface area contributed by atoms with Gasteiger partial charge in [0.1, 0.15) is 18.1 Å². The van der Waals surface area contributed by atoms with Crippen LogP contribution in [0.2, 0.25) is 0 Å². The maximum Gasteiger partial charge on any atom is 0.237 e. The van der Waals surface area contributed by atoms with Crippen LogP contribution in [0, 0.1) is 20.8 Å². The molecule has 0 saturated carbocycles. The molecule has 4 heterocycles. The molecule has 0 fully saturated rings. The molecule has 0 amide bonds. The van der Waals surface area contributed by atoms with Crippen molar-refractivity contribution in [2.75, 3.05) is 55.9 Å². The van der Waals surface area contributed by atoms with E-state index in [1.54, 1.807) is 0 Å². The van der Waals surface area contributed by atoms with Crippen LogP contribution in [-0.4, -0.2) is 55.2 Å². The van der Waals surface area contributed by atoms with Gasteiger partial charge in [0.25, 0.3) is 0 Å². The minimum Gasteiger partial charge on any atom is -0.474 e. The van der Waals surface area contributed by atoms with E-state index in [1.165, 1.54) is 47.2 Å². The molecule has 2 aliphatic heterocycles. The molecule has 2 aromatic heterocycles. The largest absolute Gasteiger partial charge is 0.474 e. The molecule has 2 aliphatic rings. The Labute approximate surface area is 236 Å². The van der Waals surface area contributed by atoms with Crippen LogP contribution >= 0.6 is 0 Å². The lowest BCUT2D eigenvalue weighted by atomic mass is 10.0. The van der Waals surface area contributed by atoms with E-state index in [0.717, 1.165) is 48.9 Å². The molecule has 0 atom stereocenters. The number of rotatable bonds is 5. The fourth-order valence-corrected chi connectivity index (χ4v) is 4.66. The van der Waals surface area contributed by atoms with Crippen LogP contribution in [-0.2, 0) is 13.0 Å². The molecular weight excluding hydrogens is 484 g/mol. The summed E-state index contributed by atoms with van der Waals surface area (Å²) in [7, 11) is 4.17. The molecular formula is C32H48N6O. The molecule has 0 saturated heterocycles. The van der Waals surface area contributed by atoms with Gasteiger partial charge in [0.15, 0.2) is 0 Å². The number of nitrogens with one attached hydrogen (secondary N) is 2. The molecule has 39 heavy (non-hydrogen) atoms. The Morgan fingerprint density at radius 1 is 1.00 bits per heavy atom. The highest BCUT2D eigenvalue weighted by molar-refractivity contribution is 5.70. The number of hydrogen-bond donors (Lipinski definition) is 2. The van der Waals surface area contributed by atoms with Gasteiger partial charge >= 0.3 is 0 Å². The van der Waals surface area contributed by atoms with Gasteiger partial charge in [0.05, 0.1) is 11.9 Å². The number of fused-ring (bicyclic) bond motifs is 2. The fraction of sp³-hybridized carbons (Fsp3) is 0.500. The predicted octanol–water partition coefficient (Wildman–Crippen LogP) is 6.89. The van der Waals surface area contributed by atoms with E-state index in [9.17, 15) is 0 Å². The molecule has 3 aromatic rings. The van der Waals surface area contributed by atoms with Gasteiger partial charge in [-0.1, -0.05) is 33.3 Å². The first-order valence-corrected chi connectivity index (χ1v) is 14.3. The Bertz CT molecular complexity index is 1210. The monoisotopic (exact) mass is 532 g/mol. The number of anilines is 4. The van der Waals surface area contributed by atoms with Gasteiger partial charge in [-0.05, 0) is 94.7 Å². The second-order valence-corrected chi connectivity index (χ2v) is 10.7. The van der Waals surface area contributed by atoms with E-state index < -0.39 is 0 Å². The summed E-state index contributed by atoms with van der Waals surface area (Å²) in [6, 6.07) is 8.59. The van der Waals surface area contributed by atoms with Crippen molar-refractivity contribution in [3.8, 4) is 5.88 Å². The first kappa shape index (κ1) is 30.2. The standard InChI is InChI=1S/C24H27N5O.C5H13N.C3H8/c1-15-4-5-20(10-16(15)2)28-22-11-19-14-29(8-6-18(19)12-26-22)21-13-27-24-23(17(21)3)25-7-9-30-24;1-4-5-6(2)3;1-3-2/h4-5,10-13,25H,6-9,14H2,1-3H3,(H,26,28);4-5H2,1-3H3;3H2,1-2H3. The smallest absolute Gasteiger partial charge is 0.237 e. The van der Waals surface area contributed by atoms with E-state index in [2.05, 4.69) is 110 Å². The van der Waals surface area contributed by atoms with Gasteiger partial charge < -0.3 is 25.2 Å². The summed E-state index contributed by atoms with van der Waals surface area (Å²) in [4.78, 5) is 13.8. The zero-order valence-electron chi connectivity index (χ0n) is 25.3. The lowest BCUT2D eigenvalue weighted by Crippen LogP contribution is -2.32. The van der Waals surface area contributed by atoms with Crippen molar-refractivity contribution in [3.63, 3.8) is 0 Å². The van der Waals surface area contributed by atoms with Gasteiger partial charge in [-0.2, -0.15) is 0 Å². The maximum atomic E-state index is 5.68. The lowest BCUT2D eigenvalue weighted by Gasteiger charge is -2.33. The summed E-state index contributed by atoms with van der Waals surface area (Å²) in [5, 5.41) is 6.90. The van der Waals surface area contributed by atoms with Crippen molar-refractivity contribution in [1.82, 2.24) is 14.9 Å². The molecule has 0 aliphatic carbocycles.